The molecule has 27 heavy (non-hydrogen) atoms. The maximum Gasteiger partial charge on any atom is 0.409 e. The van der Waals surface area contributed by atoms with E-state index in [1.165, 1.54) is 0 Å². The molecule has 7 heteroatoms. The predicted octanol–water partition coefficient (Wildman–Crippen LogP) is 3.32. The number of rotatable bonds is 6. The third-order valence-corrected chi connectivity index (χ3v) is 4.58. The fourth-order valence-corrected chi connectivity index (χ4v) is 3.13. The van der Waals surface area contributed by atoms with E-state index in [0.29, 0.717) is 38.7 Å². The third-order valence-electron chi connectivity index (χ3n) is 4.58. The van der Waals surface area contributed by atoms with Crippen LogP contribution in [0.5, 0.6) is 5.75 Å². The number of piperazine rings is 1. The van der Waals surface area contributed by atoms with Crippen molar-refractivity contribution in [2.75, 3.05) is 39.4 Å². The third kappa shape index (κ3) is 4.60. The van der Waals surface area contributed by atoms with E-state index < -0.39 is 0 Å². The highest BCUT2D eigenvalue weighted by Gasteiger charge is 2.24. The van der Waals surface area contributed by atoms with Crippen molar-refractivity contribution in [1.29, 1.82) is 0 Å². The van der Waals surface area contributed by atoms with Gasteiger partial charge in [0.1, 0.15) is 11.5 Å². The van der Waals surface area contributed by atoms with Gasteiger partial charge in [0.15, 0.2) is 0 Å². The monoisotopic (exact) mass is 373 g/mol. The number of aryl methyl sites for hydroxylation is 1. The fraction of sp³-hybridized carbons (Fsp3) is 0.500. The predicted molar refractivity (Wildman–Crippen MR) is 102 cm³/mol. The van der Waals surface area contributed by atoms with Crippen LogP contribution in [-0.4, -0.2) is 60.3 Å². The van der Waals surface area contributed by atoms with Crippen LogP contribution >= 0.6 is 0 Å². The van der Waals surface area contributed by atoms with Crippen LogP contribution in [0.3, 0.4) is 0 Å². The van der Waals surface area contributed by atoms with Crippen molar-refractivity contribution in [2.45, 2.75) is 27.3 Å². The van der Waals surface area contributed by atoms with Gasteiger partial charge in [0, 0.05) is 32.7 Å². The van der Waals surface area contributed by atoms with E-state index in [2.05, 4.69) is 4.90 Å². The number of oxazole rings is 1. The standard InChI is InChI=1S/C20H27N3O4/c1-4-25-18-9-7-6-8-16(18)19-21-17(15(3)27-19)14-22-10-12-23(13-11-22)20(24)26-5-2/h6-9H,4-5,10-14H2,1-3H3. The zero-order chi connectivity index (χ0) is 19.2. The average molecular weight is 373 g/mol. The number of para-hydroxylation sites is 1. The Kier molecular flexibility index (Phi) is 6.34. The maximum atomic E-state index is 11.8. The van der Waals surface area contributed by atoms with Gasteiger partial charge in [-0.15, -0.1) is 0 Å². The Morgan fingerprint density at radius 1 is 1.15 bits per heavy atom. The first-order chi connectivity index (χ1) is 13.1. The molecule has 0 atom stereocenters. The van der Waals surface area contributed by atoms with Crippen molar-refractivity contribution in [1.82, 2.24) is 14.8 Å². The minimum absolute atomic E-state index is 0.232. The summed E-state index contributed by atoms with van der Waals surface area (Å²) in [6.07, 6.45) is -0.232. The lowest BCUT2D eigenvalue weighted by molar-refractivity contribution is 0.0774. The summed E-state index contributed by atoms with van der Waals surface area (Å²) in [7, 11) is 0. The number of nitrogens with zero attached hydrogens (tertiary/aromatic N) is 3. The molecule has 0 radical (unpaired) electrons. The van der Waals surface area contributed by atoms with Gasteiger partial charge in [-0.2, -0.15) is 0 Å². The first-order valence-corrected chi connectivity index (χ1v) is 9.45. The molecule has 0 unspecified atom stereocenters. The molecule has 1 saturated heterocycles. The van der Waals surface area contributed by atoms with Gasteiger partial charge in [-0.1, -0.05) is 12.1 Å². The Labute approximate surface area is 159 Å². The van der Waals surface area contributed by atoms with Crippen LogP contribution in [0.15, 0.2) is 28.7 Å². The molecule has 0 spiro atoms. The van der Waals surface area contributed by atoms with Crippen LogP contribution in [0.2, 0.25) is 0 Å². The molecule has 0 bridgehead atoms. The van der Waals surface area contributed by atoms with Gasteiger partial charge < -0.3 is 18.8 Å². The molecule has 0 N–H and O–H groups in total. The zero-order valence-corrected chi connectivity index (χ0v) is 16.2. The first-order valence-electron chi connectivity index (χ1n) is 9.45. The molecule has 2 aromatic rings. The summed E-state index contributed by atoms with van der Waals surface area (Å²) in [5, 5.41) is 0. The van der Waals surface area contributed by atoms with Crippen molar-refractivity contribution in [3.05, 3.63) is 35.7 Å². The van der Waals surface area contributed by atoms with E-state index >= 15 is 0 Å². The van der Waals surface area contributed by atoms with Gasteiger partial charge in [-0.25, -0.2) is 9.78 Å². The van der Waals surface area contributed by atoms with Crippen LogP contribution in [0, 0.1) is 6.92 Å². The summed E-state index contributed by atoms with van der Waals surface area (Å²) in [4.78, 5) is 20.5. The van der Waals surface area contributed by atoms with E-state index in [9.17, 15) is 4.79 Å². The summed E-state index contributed by atoms with van der Waals surface area (Å²) in [5.41, 5.74) is 1.78. The molecule has 1 fully saturated rings. The van der Waals surface area contributed by atoms with Gasteiger partial charge in [-0.3, -0.25) is 4.90 Å². The van der Waals surface area contributed by atoms with Crippen LogP contribution in [0.4, 0.5) is 4.79 Å². The number of amides is 1. The molecule has 3 rings (SSSR count). The molecule has 2 heterocycles. The number of hydrogen-bond donors (Lipinski definition) is 0. The number of carbonyl (C=O) groups is 1. The second-order valence-electron chi connectivity index (χ2n) is 6.41. The van der Waals surface area contributed by atoms with Crippen molar-refractivity contribution < 1.29 is 18.7 Å². The van der Waals surface area contributed by atoms with E-state index in [4.69, 9.17) is 18.9 Å². The normalized spacial score (nSPS) is 15.0. The molecule has 1 aliphatic rings. The van der Waals surface area contributed by atoms with E-state index in [1.807, 2.05) is 45.0 Å². The first kappa shape index (κ1) is 19.2. The Morgan fingerprint density at radius 2 is 1.89 bits per heavy atom. The Balaban J connectivity index is 1.66. The van der Waals surface area contributed by atoms with Gasteiger partial charge >= 0.3 is 6.09 Å². The Bertz CT molecular complexity index is 766. The maximum absolute atomic E-state index is 11.8. The van der Waals surface area contributed by atoms with E-state index in [0.717, 1.165) is 35.9 Å². The SMILES string of the molecule is CCOC(=O)N1CCN(Cc2nc(-c3ccccc3OCC)oc2C)CC1. The molecule has 1 aromatic carbocycles. The molecular weight excluding hydrogens is 346 g/mol. The Hall–Kier alpha value is -2.54. The molecule has 0 aliphatic carbocycles. The largest absolute Gasteiger partial charge is 0.493 e. The number of carbonyl (C=O) groups excluding carboxylic acids is 1. The summed E-state index contributed by atoms with van der Waals surface area (Å²) < 4.78 is 16.7. The summed E-state index contributed by atoms with van der Waals surface area (Å²) in [5.74, 6) is 2.16. The highest BCUT2D eigenvalue weighted by atomic mass is 16.6. The highest BCUT2D eigenvalue weighted by Crippen LogP contribution is 2.30. The summed E-state index contributed by atoms with van der Waals surface area (Å²) in [6, 6.07) is 7.77. The lowest BCUT2D eigenvalue weighted by Crippen LogP contribution is -2.48. The van der Waals surface area contributed by atoms with Crippen LogP contribution in [-0.2, 0) is 11.3 Å². The second kappa shape index (κ2) is 8.90. The number of hydrogen-bond acceptors (Lipinski definition) is 6. The zero-order valence-electron chi connectivity index (χ0n) is 16.2. The Morgan fingerprint density at radius 3 is 2.59 bits per heavy atom. The lowest BCUT2D eigenvalue weighted by Gasteiger charge is -2.33. The van der Waals surface area contributed by atoms with Gasteiger partial charge in [0.2, 0.25) is 5.89 Å². The second-order valence-corrected chi connectivity index (χ2v) is 6.41. The van der Waals surface area contributed by atoms with Crippen LogP contribution < -0.4 is 4.74 Å². The van der Waals surface area contributed by atoms with Crippen molar-refractivity contribution in [3.63, 3.8) is 0 Å². The number of ether oxygens (including phenoxy) is 2. The smallest absolute Gasteiger partial charge is 0.409 e. The van der Waals surface area contributed by atoms with E-state index in [-0.39, 0.29) is 6.09 Å². The molecule has 1 aromatic heterocycles. The topological polar surface area (TPSA) is 68.0 Å². The van der Waals surface area contributed by atoms with Crippen molar-refractivity contribution in [3.8, 4) is 17.2 Å². The molecule has 146 valence electrons. The van der Waals surface area contributed by atoms with Crippen molar-refractivity contribution in [2.24, 2.45) is 0 Å². The quantitative estimate of drug-likeness (QED) is 0.774. The minimum Gasteiger partial charge on any atom is -0.493 e. The number of aromatic nitrogens is 1. The van der Waals surface area contributed by atoms with E-state index in [1.54, 1.807) is 4.90 Å². The average Bonchev–Trinajstić information content (AvgIpc) is 3.03. The molecule has 1 aliphatic heterocycles. The molecule has 7 nitrogen and oxygen atoms in total. The van der Waals surface area contributed by atoms with Gasteiger partial charge in [0.05, 0.1) is 24.5 Å². The molecule has 0 saturated carbocycles. The van der Waals surface area contributed by atoms with Gasteiger partial charge in [0.25, 0.3) is 0 Å². The minimum atomic E-state index is -0.232. The highest BCUT2D eigenvalue weighted by molar-refractivity contribution is 5.67. The number of benzene rings is 1. The lowest BCUT2D eigenvalue weighted by atomic mass is 10.2. The van der Waals surface area contributed by atoms with Crippen LogP contribution in [0.25, 0.3) is 11.5 Å². The summed E-state index contributed by atoms with van der Waals surface area (Å²) in [6.45, 7) is 10.3. The fourth-order valence-electron chi connectivity index (χ4n) is 3.13. The molecular formula is C20H27N3O4. The summed E-state index contributed by atoms with van der Waals surface area (Å²) >= 11 is 0. The van der Waals surface area contributed by atoms with Gasteiger partial charge in [-0.05, 0) is 32.9 Å². The van der Waals surface area contributed by atoms with Crippen LogP contribution in [0.1, 0.15) is 25.3 Å². The molecule has 1 amide bonds. The van der Waals surface area contributed by atoms with Crippen molar-refractivity contribution >= 4 is 6.09 Å².